The van der Waals surface area contributed by atoms with Crippen molar-refractivity contribution in [2.24, 2.45) is 0 Å². The minimum Gasteiger partial charge on any atom is -0.493 e. The predicted molar refractivity (Wildman–Crippen MR) is 87.4 cm³/mol. The lowest BCUT2D eigenvalue weighted by molar-refractivity contribution is -0.116. The zero-order valence-electron chi connectivity index (χ0n) is 11.3. The predicted octanol–water partition coefficient (Wildman–Crippen LogP) is 3.72. The van der Waals surface area contributed by atoms with E-state index in [1.807, 2.05) is 31.2 Å². The highest BCUT2D eigenvalue weighted by molar-refractivity contribution is 9.11. The zero-order valence-corrected chi connectivity index (χ0v) is 14.4. The lowest BCUT2D eigenvalue weighted by atomic mass is 10.2. The van der Waals surface area contributed by atoms with Crippen LogP contribution in [0, 0.1) is 6.92 Å². The summed E-state index contributed by atoms with van der Waals surface area (Å²) in [6.45, 7) is 2.29. The Balaban J connectivity index is 1.82. The van der Waals surface area contributed by atoms with E-state index in [0.717, 1.165) is 11.3 Å². The molecule has 7 heteroatoms. The number of aromatic nitrogens is 2. The van der Waals surface area contributed by atoms with E-state index in [0.29, 0.717) is 21.6 Å². The topological polar surface area (TPSA) is 64.1 Å². The third kappa shape index (κ3) is 5.09. The van der Waals surface area contributed by atoms with Gasteiger partial charge in [0.05, 0.1) is 19.2 Å². The summed E-state index contributed by atoms with van der Waals surface area (Å²) in [4.78, 5) is 20.0. The molecular weight excluding hydrogens is 402 g/mol. The van der Waals surface area contributed by atoms with E-state index in [9.17, 15) is 4.79 Å². The number of carbonyl (C=O) groups excluding carboxylic acids is 1. The fraction of sp³-hybridized carbons (Fsp3) is 0.214. The zero-order chi connectivity index (χ0) is 15.2. The molecular formula is C14H13Br2N3O2. The van der Waals surface area contributed by atoms with Gasteiger partial charge in [-0.25, -0.2) is 9.97 Å². The first kappa shape index (κ1) is 15.9. The monoisotopic (exact) mass is 413 g/mol. The molecule has 2 aromatic rings. The van der Waals surface area contributed by atoms with Crippen LogP contribution < -0.4 is 10.1 Å². The molecule has 1 amide bonds. The number of ether oxygens (including phenoxy) is 1. The summed E-state index contributed by atoms with van der Waals surface area (Å²) in [5, 5.41) is 2.67. The Hall–Kier alpha value is -1.47. The average Bonchev–Trinajstić information content (AvgIpc) is 2.42. The van der Waals surface area contributed by atoms with Crippen molar-refractivity contribution in [3.05, 3.63) is 45.2 Å². The molecule has 0 aliphatic carbocycles. The second-order valence-corrected chi connectivity index (χ2v) is 5.86. The second-order valence-electron chi connectivity index (χ2n) is 4.30. The third-order valence-corrected chi connectivity index (χ3v) is 3.48. The summed E-state index contributed by atoms with van der Waals surface area (Å²) in [6.07, 6.45) is 1.75. The lowest BCUT2D eigenvalue weighted by Gasteiger charge is -2.08. The van der Waals surface area contributed by atoms with E-state index in [4.69, 9.17) is 4.74 Å². The third-order valence-electron chi connectivity index (χ3n) is 2.55. The van der Waals surface area contributed by atoms with Crippen molar-refractivity contribution in [2.75, 3.05) is 11.9 Å². The Bertz CT molecular complexity index is 650. The van der Waals surface area contributed by atoms with Crippen LogP contribution >= 0.6 is 31.9 Å². The van der Waals surface area contributed by atoms with Gasteiger partial charge < -0.3 is 10.1 Å². The Kier molecular flexibility index (Phi) is 5.69. The summed E-state index contributed by atoms with van der Waals surface area (Å²) in [5.74, 6) is 0.964. The van der Waals surface area contributed by atoms with Gasteiger partial charge in [0.15, 0.2) is 5.82 Å². The molecule has 1 aromatic carbocycles. The van der Waals surface area contributed by atoms with Gasteiger partial charge in [0.25, 0.3) is 0 Å². The molecule has 0 saturated heterocycles. The maximum Gasteiger partial charge on any atom is 0.229 e. The van der Waals surface area contributed by atoms with Gasteiger partial charge in [-0.1, -0.05) is 12.1 Å². The number of benzene rings is 1. The molecule has 0 aliphatic rings. The summed E-state index contributed by atoms with van der Waals surface area (Å²) in [7, 11) is 0. The summed E-state index contributed by atoms with van der Waals surface area (Å²) < 4.78 is 6.60. The van der Waals surface area contributed by atoms with Crippen LogP contribution in [-0.4, -0.2) is 22.5 Å². The minimum absolute atomic E-state index is 0.181. The van der Waals surface area contributed by atoms with Crippen molar-refractivity contribution in [1.29, 1.82) is 0 Å². The summed E-state index contributed by atoms with van der Waals surface area (Å²) >= 11 is 6.44. The molecule has 1 aromatic heterocycles. The van der Waals surface area contributed by atoms with Crippen molar-refractivity contribution in [2.45, 2.75) is 13.3 Å². The molecule has 0 spiro atoms. The highest BCUT2D eigenvalue weighted by atomic mass is 79.9. The Labute approximate surface area is 139 Å². The van der Waals surface area contributed by atoms with Crippen molar-refractivity contribution in [1.82, 2.24) is 9.97 Å². The van der Waals surface area contributed by atoms with E-state index in [1.165, 1.54) is 6.20 Å². The first-order chi connectivity index (χ1) is 10.0. The fourth-order valence-corrected chi connectivity index (χ4v) is 2.50. The van der Waals surface area contributed by atoms with Gasteiger partial charge in [-0.15, -0.1) is 0 Å². The number of carbonyl (C=O) groups is 1. The van der Waals surface area contributed by atoms with Crippen LogP contribution in [0.3, 0.4) is 0 Å². The molecule has 1 N–H and O–H groups in total. The van der Waals surface area contributed by atoms with Crippen molar-refractivity contribution in [3.8, 4) is 5.75 Å². The fourth-order valence-electron chi connectivity index (χ4n) is 1.59. The molecule has 0 aliphatic heterocycles. The van der Waals surface area contributed by atoms with Crippen molar-refractivity contribution >= 4 is 43.6 Å². The number of hydrogen-bond donors (Lipinski definition) is 1. The van der Waals surface area contributed by atoms with Crippen LogP contribution in [0.2, 0.25) is 0 Å². The first-order valence-corrected chi connectivity index (χ1v) is 7.80. The van der Waals surface area contributed by atoms with Gasteiger partial charge >= 0.3 is 0 Å². The maximum absolute atomic E-state index is 11.8. The normalized spacial score (nSPS) is 10.2. The number of aryl methyl sites for hydroxylation is 1. The molecule has 2 rings (SSSR count). The SMILES string of the molecule is Cc1cccc(OCCC(=O)Nc2ncc(Br)nc2Br)c1. The van der Waals surface area contributed by atoms with E-state index in [1.54, 1.807) is 0 Å². The summed E-state index contributed by atoms with van der Waals surface area (Å²) in [6, 6.07) is 7.69. The largest absolute Gasteiger partial charge is 0.493 e. The van der Waals surface area contributed by atoms with E-state index in [-0.39, 0.29) is 12.3 Å². The number of rotatable bonds is 5. The smallest absolute Gasteiger partial charge is 0.229 e. The highest BCUT2D eigenvalue weighted by Crippen LogP contribution is 2.19. The van der Waals surface area contributed by atoms with Crippen LogP contribution in [0.5, 0.6) is 5.75 Å². The molecule has 110 valence electrons. The number of anilines is 1. The van der Waals surface area contributed by atoms with E-state index >= 15 is 0 Å². The van der Waals surface area contributed by atoms with E-state index < -0.39 is 0 Å². The molecule has 0 radical (unpaired) electrons. The van der Waals surface area contributed by atoms with Crippen LogP contribution in [0.15, 0.2) is 39.7 Å². The molecule has 0 bridgehead atoms. The number of hydrogen-bond acceptors (Lipinski definition) is 4. The second kappa shape index (κ2) is 7.51. The molecule has 21 heavy (non-hydrogen) atoms. The number of halogens is 2. The molecule has 0 saturated carbocycles. The molecule has 0 unspecified atom stereocenters. The molecule has 0 fully saturated rings. The van der Waals surface area contributed by atoms with Crippen LogP contribution in [0.25, 0.3) is 0 Å². The lowest BCUT2D eigenvalue weighted by Crippen LogP contribution is -2.16. The minimum atomic E-state index is -0.181. The summed E-state index contributed by atoms with van der Waals surface area (Å²) in [5.41, 5.74) is 1.12. The van der Waals surface area contributed by atoms with Crippen molar-refractivity contribution in [3.63, 3.8) is 0 Å². The number of nitrogens with one attached hydrogen (secondary N) is 1. The van der Waals surface area contributed by atoms with Gasteiger partial charge in [0.2, 0.25) is 5.91 Å². The van der Waals surface area contributed by atoms with Gasteiger partial charge in [-0.3, -0.25) is 4.79 Å². The first-order valence-electron chi connectivity index (χ1n) is 6.22. The molecule has 5 nitrogen and oxygen atoms in total. The van der Waals surface area contributed by atoms with Gasteiger partial charge in [0, 0.05) is 0 Å². The Morgan fingerprint density at radius 2 is 2.19 bits per heavy atom. The quantitative estimate of drug-likeness (QED) is 0.809. The van der Waals surface area contributed by atoms with Gasteiger partial charge in [-0.05, 0) is 56.5 Å². The Morgan fingerprint density at radius 1 is 1.38 bits per heavy atom. The number of nitrogens with zero attached hydrogens (tertiary/aromatic N) is 2. The van der Waals surface area contributed by atoms with Gasteiger partial charge in [-0.2, -0.15) is 0 Å². The standard InChI is InChI=1S/C14H13Br2N3O2/c1-9-3-2-4-10(7-9)21-6-5-12(20)19-14-13(16)18-11(15)8-17-14/h2-4,7-8H,5-6H2,1H3,(H,17,19,20). The maximum atomic E-state index is 11.8. The van der Waals surface area contributed by atoms with Crippen molar-refractivity contribution < 1.29 is 9.53 Å². The van der Waals surface area contributed by atoms with Crippen LogP contribution in [0.1, 0.15) is 12.0 Å². The molecule has 0 atom stereocenters. The van der Waals surface area contributed by atoms with E-state index in [2.05, 4.69) is 47.1 Å². The molecule has 1 heterocycles. The van der Waals surface area contributed by atoms with Gasteiger partial charge in [0.1, 0.15) is 15.0 Å². The highest BCUT2D eigenvalue weighted by Gasteiger charge is 2.08. The van der Waals surface area contributed by atoms with Crippen LogP contribution in [-0.2, 0) is 4.79 Å². The average molecular weight is 415 g/mol. The Morgan fingerprint density at radius 3 is 2.90 bits per heavy atom. The van der Waals surface area contributed by atoms with Crippen LogP contribution in [0.4, 0.5) is 5.82 Å². The number of amides is 1.